The van der Waals surface area contributed by atoms with Crippen molar-refractivity contribution in [3.8, 4) is 0 Å². The molecule has 0 aromatic heterocycles. The van der Waals surface area contributed by atoms with E-state index in [1.807, 2.05) is 0 Å². The number of rotatable bonds is 5. The van der Waals surface area contributed by atoms with Crippen molar-refractivity contribution in [2.24, 2.45) is 11.1 Å². The monoisotopic (exact) mass is 234 g/mol. The summed E-state index contributed by atoms with van der Waals surface area (Å²) in [5.74, 6) is 0. The largest absolute Gasteiger partial charge is 0.330 e. The molecule has 0 aromatic carbocycles. The van der Waals surface area contributed by atoms with Crippen LogP contribution in [0.3, 0.4) is 0 Å². The van der Waals surface area contributed by atoms with E-state index in [1.165, 1.54) is 12.8 Å². The molecule has 0 bridgehead atoms. The third kappa shape index (κ3) is 3.16. The molecule has 0 radical (unpaired) electrons. The molecule has 1 aliphatic carbocycles. The molecule has 1 saturated carbocycles. The summed E-state index contributed by atoms with van der Waals surface area (Å²) in [6, 6.07) is 0. The Bertz CT molecular complexity index is 293. The van der Waals surface area contributed by atoms with Crippen molar-refractivity contribution in [2.45, 2.75) is 44.8 Å². The van der Waals surface area contributed by atoms with Crippen molar-refractivity contribution in [2.75, 3.05) is 13.1 Å². The van der Waals surface area contributed by atoms with Gasteiger partial charge in [0.15, 0.2) is 0 Å². The summed E-state index contributed by atoms with van der Waals surface area (Å²) >= 11 is 0. The predicted molar refractivity (Wildman–Crippen MR) is 62.0 cm³/mol. The van der Waals surface area contributed by atoms with E-state index in [0.29, 0.717) is 13.1 Å². The summed E-state index contributed by atoms with van der Waals surface area (Å²) in [5, 5.41) is -0.367. The van der Waals surface area contributed by atoms with Crippen molar-refractivity contribution in [3.63, 3.8) is 0 Å². The van der Waals surface area contributed by atoms with Gasteiger partial charge in [0.05, 0.1) is 5.25 Å². The van der Waals surface area contributed by atoms with Gasteiger partial charge in [-0.05, 0) is 38.6 Å². The van der Waals surface area contributed by atoms with Gasteiger partial charge in [-0.15, -0.1) is 0 Å². The second-order valence-electron chi connectivity index (χ2n) is 4.83. The first-order chi connectivity index (χ1) is 6.92. The van der Waals surface area contributed by atoms with E-state index >= 15 is 0 Å². The van der Waals surface area contributed by atoms with Crippen molar-refractivity contribution in [3.05, 3.63) is 0 Å². The fraction of sp³-hybridized carbons (Fsp3) is 1.00. The van der Waals surface area contributed by atoms with Crippen LogP contribution in [0.25, 0.3) is 0 Å². The molecule has 0 heterocycles. The topological polar surface area (TPSA) is 72.2 Å². The Morgan fingerprint density at radius 3 is 2.27 bits per heavy atom. The van der Waals surface area contributed by atoms with E-state index in [4.69, 9.17) is 5.73 Å². The van der Waals surface area contributed by atoms with Gasteiger partial charge in [-0.1, -0.05) is 12.8 Å². The number of hydrogen-bond acceptors (Lipinski definition) is 3. The smallest absolute Gasteiger partial charge is 0.213 e. The summed E-state index contributed by atoms with van der Waals surface area (Å²) in [7, 11) is -3.14. The zero-order valence-corrected chi connectivity index (χ0v) is 10.4. The highest BCUT2D eigenvalue weighted by molar-refractivity contribution is 7.90. The quantitative estimate of drug-likeness (QED) is 0.740. The predicted octanol–water partition coefficient (Wildman–Crippen LogP) is 0.833. The normalized spacial score (nSPS) is 21.1. The number of nitrogens with two attached hydrogens (primary N) is 1. The average Bonchev–Trinajstić information content (AvgIpc) is 2.64. The van der Waals surface area contributed by atoms with Gasteiger partial charge in [0, 0.05) is 6.54 Å². The minimum absolute atomic E-state index is 0.0158. The molecule has 0 aliphatic heterocycles. The Labute approximate surface area is 92.7 Å². The maximum Gasteiger partial charge on any atom is 0.213 e. The van der Waals surface area contributed by atoms with Crippen LogP contribution in [0.15, 0.2) is 0 Å². The molecule has 0 spiro atoms. The van der Waals surface area contributed by atoms with Gasteiger partial charge in [-0.3, -0.25) is 0 Å². The second-order valence-corrected chi connectivity index (χ2v) is 7.15. The van der Waals surface area contributed by atoms with Crippen LogP contribution in [0.1, 0.15) is 39.5 Å². The van der Waals surface area contributed by atoms with E-state index < -0.39 is 10.0 Å². The Kier molecular flexibility index (Phi) is 4.14. The summed E-state index contributed by atoms with van der Waals surface area (Å²) in [6.45, 7) is 4.45. The fourth-order valence-corrected chi connectivity index (χ4v) is 2.84. The number of nitrogens with one attached hydrogen (secondary N) is 1. The molecule has 1 rings (SSSR count). The Hall–Kier alpha value is -0.130. The average molecular weight is 234 g/mol. The van der Waals surface area contributed by atoms with E-state index in [1.54, 1.807) is 13.8 Å². The minimum Gasteiger partial charge on any atom is -0.330 e. The van der Waals surface area contributed by atoms with E-state index in [-0.39, 0.29) is 10.7 Å². The molecule has 0 unspecified atom stereocenters. The lowest BCUT2D eigenvalue weighted by atomic mass is 9.87. The summed E-state index contributed by atoms with van der Waals surface area (Å²) in [6.07, 6.45) is 4.43. The number of hydrogen-bond donors (Lipinski definition) is 2. The van der Waals surface area contributed by atoms with Crippen LogP contribution >= 0.6 is 0 Å². The maximum atomic E-state index is 11.6. The zero-order valence-electron chi connectivity index (χ0n) is 9.62. The highest BCUT2D eigenvalue weighted by atomic mass is 32.2. The fourth-order valence-electron chi connectivity index (χ4n) is 2.00. The molecule has 0 aromatic rings. The van der Waals surface area contributed by atoms with Crippen LogP contribution in [0, 0.1) is 5.41 Å². The molecule has 1 aliphatic rings. The van der Waals surface area contributed by atoms with E-state index in [2.05, 4.69) is 4.72 Å². The summed E-state index contributed by atoms with van der Waals surface area (Å²) < 4.78 is 25.9. The van der Waals surface area contributed by atoms with Crippen LogP contribution in [0.2, 0.25) is 0 Å². The van der Waals surface area contributed by atoms with Crippen molar-refractivity contribution < 1.29 is 8.42 Å². The van der Waals surface area contributed by atoms with Gasteiger partial charge in [-0.2, -0.15) is 0 Å². The van der Waals surface area contributed by atoms with Gasteiger partial charge in [0.25, 0.3) is 0 Å². The van der Waals surface area contributed by atoms with Crippen molar-refractivity contribution in [1.82, 2.24) is 4.72 Å². The SMILES string of the molecule is CC(C)S(=O)(=O)NCC1(CN)CCCC1. The second kappa shape index (κ2) is 4.80. The third-order valence-electron chi connectivity index (χ3n) is 3.37. The maximum absolute atomic E-state index is 11.6. The van der Waals surface area contributed by atoms with Crippen LogP contribution in [-0.4, -0.2) is 26.8 Å². The molecular formula is C10H22N2O2S. The highest BCUT2D eigenvalue weighted by Gasteiger charge is 2.33. The molecule has 0 amide bonds. The molecule has 4 nitrogen and oxygen atoms in total. The molecule has 0 atom stereocenters. The highest BCUT2D eigenvalue weighted by Crippen LogP contribution is 2.36. The standard InChI is InChI=1S/C10H22N2O2S/c1-9(2)15(13,14)12-8-10(7-11)5-3-4-6-10/h9,12H,3-8,11H2,1-2H3. The lowest BCUT2D eigenvalue weighted by molar-refractivity contribution is 0.309. The van der Waals surface area contributed by atoms with Gasteiger partial charge >= 0.3 is 0 Å². The first-order valence-corrected chi connectivity index (χ1v) is 7.15. The molecular weight excluding hydrogens is 212 g/mol. The van der Waals surface area contributed by atoms with Crippen molar-refractivity contribution >= 4 is 10.0 Å². The molecule has 15 heavy (non-hydrogen) atoms. The van der Waals surface area contributed by atoms with Crippen LogP contribution in [0.5, 0.6) is 0 Å². The minimum atomic E-state index is -3.14. The van der Waals surface area contributed by atoms with Crippen LogP contribution in [0.4, 0.5) is 0 Å². The van der Waals surface area contributed by atoms with Gasteiger partial charge in [0.1, 0.15) is 0 Å². The molecule has 0 saturated heterocycles. The summed E-state index contributed by atoms with van der Waals surface area (Å²) in [4.78, 5) is 0. The summed E-state index contributed by atoms with van der Waals surface area (Å²) in [5.41, 5.74) is 5.76. The Balaban J connectivity index is 2.55. The molecule has 90 valence electrons. The van der Waals surface area contributed by atoms with Gasteiger partial charge < -0.3 is 5.73 Å². The lowest BCUT2D eigenvalue weighted by Gasteiger charge is -2.27. The van der Waals surface area contributed by atoms with E-state index in [9.17, 15) is 8.42 Å². The molecule has 1 fully saturated rings. The van der Waals surface area contributed by atoms with Gasteiger partial charge in [0.2, 0.25) is 10.0 Å². The van der Waals surface area contributed by atoms with Crippen molar-refractivity contribution in [1.29, 1.82) is 0 Å². The van der Waals surface area contributed by atoms with Crippen LogP contribution < -0.4 is 10.5 Å². The Morgan fingerprint density at radius 1 is 1.33 bits per heavy atom. The number of sulfonamides is 1. The van der Waals surface area contributed by atoms with E-state index in [0.717, 1.165) is 12.8 Å². The van der Waals surface area contributed by atoms with Gasteiger partial charge in [-0.25, -0.2) is 13.1 Å². The zero-order chi connectivity index (χ0) is 11.5. The first kappa shape index (κ1) is 12.9. The molecule has 5 heteroatoms. The molecule has 3 N–H and O–H groups in total. The first-order valence-electron chi connectivity index (χ1n) is 5.60. The lowest BCUT2D eigenvalue weighted by Crippen LogP contribution is -2.42. The van der Waals surface area contributed by atoms with Crippen LogP contribution in [-0.2, 0) is 10.0 Å². The Morgan fingerprint density at radius 2 is 1.87 bits per heavy atom. The third-order valence-corrected chi connectivity index (χ3v) is 5.15.